The second-order valence-corrected chi connectivity index (χ2v) is 11.2. The summed E-state index contributed by atoms with van der Waals surface area (Å²) in [7, 11) is -3.40. The number of carbonyl (C=O) groups excluding carboxylic acids is 1. The summed E-state index contributed by atoms with van der Waals surface area (Å²) in [4.78, 5) is 12.8. The van der Waals surface area contributed by atoms with Crippen molar-refractivity contribution in [3.05, 3.63) is 107 Å². The van der Waals surface area contributed by atoms with Crippen LogP contribution in [0.4, 0.5) is 28.4 Å². The molecule has 0 bridgehead atoms. The van der Waals surface area contributed by atoms with E-state index in [9.17, 15) is 17.8 Å². The molecule has 4 N–H and O–H groups in total. The molecule has 0 unspecified atom stereocenters. The quantitative estimate of drug-likeness (QED) is 0.0831. The molecule has 12 nitrogen and oxygen atoms in total. The molecule has 0 aromatic heterocycles. The standard InChI is InChI=1S/C32H29N5O7S/c1-20-16-28(29(43-2)19-27(20)35-34-23-8-11-25(12-9-23)44-15-14-38)36-37-31-30(45(40,41)42)18-21-17-24(10-13-26(21)32(31)39)33-22-6-4-3-5-7-22/h3-13,16-19,33,36,38H,14-15H2,1-2H3,(H,40,41,42)/b35-34+,37-31-. The molecule has 1 aliphatic carbocycles. The Labute approximate surface area is 259 Å². The van der Waals surface area contributed by atoms with Gasteiger partial charge in [-0.2, -0.15) is 23.7 Å². The van der Waals surface area contributed by atoms with Crippen LogP contribution in [0, 0.1) is 6.92 Å². The van der Waals surface area contributed by atoms with Gasteiger partial charge in [0, 0.05) is 23.0 Å². The second kappa shape index (κ2) is 13.5. The van der Waals surface area contributed by atoms with Crippen LogP contribution in [0.1, 0.15) is 21.5 Å². The SMILES string of the molecule is COc1cc(/N=N/c2ccc(OCCO)cc2)c(C)cc1N/N=C1\C(=O)c2ccc(Nc3ccccc3)cc2C=C1S(=O)(=O)O. The predicted octanol–water partition coefficient (Wildman–Crippen LogP) is 6.43. The first-order chi connectivity index (χ1) is 21.7. The van der Waals surface area contributed by atoms with Gasteiger partial charge in [0.1, 0.15) is 23.0 Å². The number of aliphatic hydroxyl groups excluding tert-OH is 1. The molecule has 0 spiro atoms. The van der Waals surface area contributed by atoms with Gasteiger partial charge in [0.2, 0.25) is 5.78 Å². The van der Waals surface area contributed by atoms with E-state index in [-0.39, 0.29) is 18.8 Å². The molecule has 0 saturated carbocycles. The molecule has 230 valence electrons. The summed E-state index contributed by atoms with van der Waals surface area (Å²) in [6, 6.07) is 24.3. The molecule has 45 heavy (non-hydrogen) atoms. The number of fused-ring (bicyclic) bond motifs is 1. The Bertz CT molecular complexity index is 1920. The van der Waals surface area contributed by atoms with E-state index in [0.29, 0.717) is 45.4 Å². The van der Waals surface area contributed by atoms with Crippen LogP contribution < -0.4 is 20.2 Å². The third kappa shape index (κ3) is 7.41. The van der Waals surface area contributed by atoms with Crippen LogP contribution in [0.25, 0.3) is 6.08 Å². The number of aryl methyl sites for hydroxylation is 1. The van der Waals surface area contributed by atoms with Crippen LogP contribution in [-0.4, -0.2) is 49.9 Å². The van der Waals surface area contributed by atoms with Crippen molar-refractivity contribution in [2.45, 2.75) is 6.92 Å². The number of nitrogens with zero attached hydrogens (tertiary/aromatic N) is 3. The molecule has 13 heteroatoms. The van der Waals surface area contributed by atoms with Gasteiger partial charge in [0.15, 0.2) is 5.71 Å². The number of aliphatic hydroxyl groups is 1. The molecule has 0 heterocycles. The molecule has 0 atom stereocenters. The van der Waals surface area contributed by atoms with Crippen molar-refractivity contribution in [2.75, 3.05) is 31.1 Å². The van der Waals surface area contributed by atoms with Crippen molar-refractivity contribution in [3.8, 4) is 11.5 Å². The summed E-state index contributed by atoms with van der Waals surface area (Å²) in [5.41, 5.74) is 6.25. The lowest BCUT2D eigenvalue weighted by atomic mass is 9.94. The zero-order chi connectivity index (χ0) is 32.0. The fraction of sp³-hybridized carbons (Fsp3) is 0.125. The van der Waals surface area contributed by atoms with E-state index in [1.54, 1.807) is 61.5 Å². The van der Waals surface area contributed by atoms with Gasteiger partial charge in [0.25, 0.3) is 10.1 Å². The number of hydrazone groups is 1. The number of Topliss-reactive ketones (excluding diaryl/α,β-unsaturated/α-hetero) is 1. The minimum atomic E-state index is -4.83. The lowest BCUT2D eigenvalue weighted by Crippen LogP contribution is -2.27. The van der Waals surface area contributed by atoms with Crippen molar-refractivity contribution < 1.29 is 32.3 Å². The van der Waals surface area contributed by atoms with Gasteiger partial charge in [-0.1, -0.05) is 18.2 Å². The molecular weight excluding hydrogens is 598 g/mol. The average molecular weight is 628 g/mol. The largest absolute Gasteiger partial charge is 0.494 e. The van der Waals surface area contributed by atoms with Crippen molar-refractivity contribution in [2.24, 2.45) is 15.3 Å². The lowest BCUT2D eigenvalue weighted by molar-refractivity contribution is 0.106. The normalized spacial score (nSPS) is 13.8. The highest BCUT2D eigenvalue weighted by Crippen LogP contribution is 2.35. The summed E-state index contributed by atoms with van der Waals surface area (Å²) < 4.78 is 45.6. The third-order valence-electron chi connectivity index (χ3n) is 6.65. The fourth-order valence-electron chi connectivity index (χ4n) is 4.45. The smallest absolute Gasteiger partial charge is 0.296 e. The number of carbonyl (C=O) groups is 1. The number of methoxy groups -OCH3 is 1. The lowest BCUT2D eigenvalue weighted by Gasteiger charge is -2.18. The Balaban J connectivity index is 1.40. The minimum Gasteiger partial charge on any atom is -0.494 e. The molecule has 4 aromatic carbocycles. The Morgan fingerprint density at radius 1 is 0.911 bits per heavy atom. The van der Waals surface area contributed by atoms with Crippen LogP contribution in [-0.2, 0) is 10.1 Å². The first-order valence-corrected chi connectivity index (χ1v) is 15.1. The van der Waals surface area contributed by atoms with Crippen molar-refractivity contribution in [1.29, 1.82) is 0 Å². The van der Waals surface area contributed by atoms with Gasteiger partial charge >= 0.3 is 0 Å². The zero-order valence-electron chi connectivity index (χ0n) is 24.3. The van der Waals surface area contributed by atoms with Gasteiger partial charge in [-0.3, -0.25) is 14.8 Å². The Morgan fingerprint density at radius 2 is 1.67 bits per heavy atom. The monoisotopic (exact) mass is 627 g/mol. The molecule has 0 amide bonds. The van der Waals surface area contributed by atoms with Gasteiger partial charge < -0.3 is 19.9 Å². The first kappa shape index (κ1) is 31.1. The Morgan fingerprint density at radius 3 is 2.36 bits per heavy atom. The average Bonchev–Trinajstić information content (AvgIpc) is 3.03. The minimum absolute atomic E-state index is 0.0863. The number of nitrogens with one attached hydrogen (secondary N) is 2. The molecular formula is C32H29N5O7S. The fourth-order valence-corrected chi connectivity index (χ4v) is 5.11. The van der Waals surface area contributed by atoms with Crippen LogP contribution in [0.2, 0.25) is 0 Å². The van der Waals surface area contributed by atoms with Crippen molar-refractivity contribution >= 4 is 56.1 Å². The molecule has 1 aliphatic rings. The van der Waals surface area contributed by atoms with E-state index in [4.69, 9.17) is 14.6 Å². The van der Waals surface area contributed by atoms with Gasteiger partial charge in [-0.05, 0) is 84.8 Å². The van der Waals surface area contributed by atoms with Gasteiger partial charge in [0.05, 0.1) is 30.8 Å². The number of azo groups is 1. The maximum Gasteiger partial charge on any atom is 0.296 e. The van der Waals surface area contributed by atoms with Crippen molar-refractivity contribution in [3.63, 3.8) is 0 Å². The summed E-state index contributed by atoms with van der Waals surface area (Å²) in [5, 5.41) is 24.7. The van der Waals surface area contributed by atoms with E-state index in [1.165, 1.54) is 13.2 Å². The zero-order valence-corrected chi connectivity index (χ0v) is 25.1. The van der Waals surface area contributed by atoms with E-state index in [0.717, 1.165) is 5.69 Å². The number of ether oxygens (including phenoxy) is 2. The van der Waals surface area contributed by atoms with E-state index in [2.05, 4.69) is 26.1 Å². The summed E-state index contributed by atoms with van der Waals surface area (Å²) in [5.74, 6) is 0.201. The maximum absolute atomic E-state index is 13.4. The maximum atomic E-state index is 13.4. The topological polar surface area (TPSA) is 171 Å². The van der Waals surface area contributed by atoms with Gasteiger partial charge in [-0.25, -0.2) is 0 Å². The van der Waals surface area contributed by atoms with E-state index >= 15 is 0 Å². The number of hydrogen-bond acceptors (Lipinski definition) is 11. The van der Waals surface area contributed by atoms with E-state index < -0.39 is 26.5 Å². The van der Waals surface area contributed by atoms with Crippen LogP contribution in [0.3, 0.4) is 0 Å². The number of benzene rings is 4. The highest BCUT2D eigenvalue weighted by Gasteiger charge is 2.33. The number of allylic oxidation sites excluding steroid dienone is 1. The number of para-hydroxylation sites is 1. The molecule has 0 saturated heterocycles. The second-order valence-electron chi connectivity index (χ2n) is 9.78. The Hall–Kier alpha value is -5.37. The summed E-state index contributed by atoms with van der Waals surface area (Å²) in [6.07, 6.45) is 1.21. The first-order valence-electron chi connectivity index (χ1n) is 13.6. The van der Waals surface area contributed by atoms with Crippen LogP contribution in [0.15, 0.2) is 105 Å². The number of anilines is 3. The number of ketones is 1. The molecule has 4 aromatic rings. The van der Waals surface area contributed by atoms with E-state index in [1.807, 2.05) is 30.3 Å². The Kier molecular flexibility index (Phi) is 9.33. The summed E-state index contributed by atoms with van der Waals surface area (Å²) in [6.45, 7) is 1.88. The molecule has 0 fully saturated rings. The highest BCUT2D eigenvalue weighted by atomic mass is 32.2. The highest BCUT2D eigenvalue weighted by molar-refractivity contribution is 7.91. The van der Waals surface area contributed by atoms with Crippen LogP contribution >= 0.6 is 0 Å². The number of rotatable bonds is 11. The number of hydrogen-bond donors (Lipinski definition) is 4. The van der Waals surface area contributed by atoms with Crippen LogP contribution in [0.5, 0.6) is 11.5 Å². The summed E-state index contributed by atoms with van der Waals surface area (Å²) >= 11 is 0. The molecule has 0 radical (unpaired) electrons. The van der Waals surface area contributed by atoms with Gasteiger partial charge in [-0.15, -0.1) is 0 Å². The van der Waals surface area contributed by atoms with Crippen molar-refractivity contribution in [1.82, 2.24) is 0 Å². The molecule has 5 rings (SSSR count). The molecule has 0 aliphatic heterocycles. The third-order valence-corrected chi connectivity index (χ3v) is 7.51. The predicted molar refractivity (Wildman–Crippen MR) is 172 cm³/mol.